The first kappa shape index (κ1) is 16.8. The molecule has 0 radical (unpaired) electrons. The van der Waals surface area contributed by atoms with Gasteiger partial charge in [-0.25, -0.2) is 8.42 Å². The van der Waals surface area contributed by atoms with Gasteiger partial charge in [-0.1, -0.05) is 12.2 Å². The quantitative estimate of drug-likeness (QED) is 0.268. The van der Waals surface area contributed by atoms with E-state index < -0.39 is 10.1 Å². The van der Waals surface area contributed by atoms with Crippen LogP contribution >= 0.6 is 0 Å². The summed E-state index contributed by atoms with van der Waals surface area (Å²) in [6.45, 7) is 8.39. The van der Waals surface area contributed by atoms with Gasteiger partial charge in [0.05, 0.1) is 15.9 Å². The molecule has 0 aliphatic carbocycles. The van der Waals surface area contributed by atoms with Crippen LogP contribution in [0.4, 0.5) is 0 Å². The summed E-state index contributed by atoms with van der Waals surface area (Å²) in [5, 5.41) is 0. The van der Waals surface area contributed by atoms with E-state index in [1.165, 1.54) is 0 Å². The van der Waals surface area contributed by atoms with E-state index in [4.69, 9.17) is 0 Å². The van der Waals surface area contributed by atoms with E-state index in [0.717, 1.165) is 0 Å². The van der Waals surface area contributed by atoms with Crippen molar-refractivity contribution in [1.82, 2.24) is 4.90 Å². The molecule has 0 rings (SSSR count). The van der Waals surface area contributed by atoms with Crippen molar-refractivity contribution in [3.05, 3.63) is 25.3 Å². The number of nitrogens with zero attached hydrogens (tertiary/aromatic N) is 1. The maximum atomic E-state index is 10.3. The molecule has 0 saturated carbocycles. The van der Waals surface area contributed by atoms with Crippen molar-refractivity contribution in [3.63, 3.8) is 0 Å². The van der Waals surface area contributed by atoms with Crippen LogP contribution in [-0.4, -0.2) is 43.3 Å². The van der Waals surface area contributed by atoms with Gasteiger partial charge in [-0.05, 0) is 0 Å². The second-order valence-electron chi connectivity index (χ2n) is 2.60. The van der Waals surface area contributed by atoms with E-state index in [9.17, 15) is 13.0 Å². The third kappa shape index (κ3) is 10.4. The molecule has 0 saturated heterocycles. The van der Waals surface area contributed by atoms with Crippen LogP contribution in [-0.2, 0) is 10.1 Å². The molecular formula is C8H14NNaO3S. The maximum Gasteiger partial charge on any atom is 1.00 e. The topological polar surface area (TPSA) is 60.4 Å². The van der Waals surface area contributed by atoms with Crippen LogP contribution in [0, 0.1) is 0 Å². The molecule has 0 bridgehead atoms. The first-order valence-corrected chi connectivity index (χ1v) is 5.45. The zero-order valence-electron chi connectivity index (χ0n) is 8.48. The van der Waals surface area contributed by atoms with Gasteiger partial charge in [0, 0.05) is 19.6 Å². The summed E-state index contributed by atoms with van der Waals surface area (Å²) in [4.78, 5) is 1.77. The molecule has 0 unspecified atom stereocenters. The summed E-state index contributed by atoms with van der Waals surface area (Å²) in [6, 6.07) is 0. The van der Waals surface area contributed by atoms with Crippen molar-refractivity contribution in [1.29, 1.82) is 0 Å². The molecule has 6 heteroatoms. The molecule has 0 amide bonds. The van der Waals surface area contributed by atoms with Crippen LogP contribution in [0.2, 0.25) is 0 Å². The summed E-state index contributed by atoms with van der Waals surface area (Å²) < 4.78 is 30.9. The summed E-state index contributed by atoms with van der Waals surface area (Å²) in [5.74, 6) is -0.366. The third-order valence-corrected chi connectivity index (χ3v) is 2.11. The zero-order valence-corrected chi connectivity index (χ0v) is 11.3. The van der Waals surface area contributed by atoms with Gasteiger partial charge in [0.1, 0.15) is 0 Å². The third-order valence-electron chi connectivity index (χ3n) is 1.43. The SMILES string of the molecule is C=CCN(CC=C)CCS(=O)(=O)[O-].[Na+]. The molecule has 0 spiro atoms. The van der Waals surface area contributed by atoms with Crippen molar-refractivity contribution in [2.24, 2.45) is 0 Å². The molecule has 0 heterocycles. The Morgan fingerprint density at radius 2 is 1.64 bits per heavy atom. The van der Waals surface area contributed by atoms with Gasteiger partial charge in [-0.3, -0.25) is 4.90 Å². The normalized spacial score (nSPS) is 10.7. The predicted molar refractivity (Wildman–Crippen MR) is 51.4 cm³/mol. The minimum Gasteiger partial charge on any atom is -0.748 e. The van der Waals surface area contributed by atoms with Gasteiger partial charge < -0.3 is 4.55 Å². The zero-order chi connectivity index (χ0) is 10.3. The van der Waals surface area contributed by atoms with Crippen LogP contribution in [0.1, 0.15) is 0 Å². The van der Waals surface area contributed by atoms with Gasteiger partial charge in [0.2, 0.25) is 0 Å². The summed E-state index contributed by atoms with van der Waals surface area (Å²) in [7, 11) is -4.12. The summed E-state index contributed by atoms with van der Waals surface area (Å²) in [6.07, 6.45) is 3.31. The van der Waals surface area contributed by atoms with Gasteiger partial charge >= 0.3 is 29.6 Å². The minimum atomic E-state index is -4.12. The molecule has 0 fully saturated rings. The van der Waals surface area contributed by atoms with Crippen molar-refractivity contribution >= 4 is 10.1 Å². The Kier molecular flexibility index (Phi) is 10.4. The Morgan fingerprint density at radius 1 is 1.21 bits per heavy atom. The van der Waals surface area contributed by atoms with Crippen LogP contribution < -0.4 is 29.6 Å². The molecule has 0 aliphatic heterocycles. The fraction of sp³-hybridized carbons (Fsp3) is 0.500. The fourth-order valence-corrected chi connectivity index (χ4v) is 1.34. The van der Waals surface area contributed by atoms with Gasteiger partial charge in [0.25, 0.3) is 0 Å². The second kappa shape index (κ2) is 8.64. The molecule has 4 nitrogen and oxygen atoms in total. The number of hydrogen-bond acceptors (Lipinski definition) is 4. The van der Waals surface area contributed by atoms with Crippen molar-refractivity contribution in [2.45, 2.75) is 0 Å². The van der Waals surface area contributed by atoms with Crippen LogP contribution in [0.5, 0.6) is 0 Å². The minimum absolute atomic E-state index is 0. The maximum absolute atomic E-state index is 10.3. The second-order valence-corrected chi connectivity index (χ2v) is 4.12. The van der Waals surface area contributed by atoms with E-state index in [0.29, 0.717) is 13.1 Å². The van der Waals surface area contributed by atoms with Gasteiger partial charge in [-0.15, -0.1) is 13.2 Å². The Balaban J connectivity index is 0. The predicted octanol–water partition coefficient (Wildman–Crippen LogP) is -2.79. The van der Waals surface area contributed by atoms with Crippen LogP contribution in [0.25, 0.3) is 0 Å². The molecule has 0 aromatic carbocycles. The molecule has 14 heavy (non-hydrogen) atoms. The monoisotopic (exact) mass is 227 g/mol. The van der Waals surface area contributed by atoms with E-state index in [1.54, 1.807) is 17.1 Å². The summed E-state index contributed by atoms with van der Waals surface area (Å²) >= 11 is 0. The average molecular weight is 227 g/mol. The Bertz CT molecular complexity index is 254. The molecular weight excluding hydrogens is 213 g/mol. The van der Waals surface area contributed by atoms with Crippen LogP contribution in [0.15, 0.2) is 25.3 Å². The standard InChI is InChI=1S/C8H15NO3S.Na/c1-3-5-9(6-4-2)7-8-13(10,11)12;/h3-4H,1-2,5-8H2,(H,10,11,12);/q;+1/p-1. The number of rotatable bonds is 7. The first-order valence-electron chi connectivity index (χ1n) is 3.87. The first-order chi connectivity index (χ1) is 5.99. The average Bonchev–Trinajstić information content (AvgIpc) is 2.00. The Hall–Kier alpha value is 0.350. The van der Waals surface area contributed by atoms with E-state index >= 15 is 0 Å². The molecule has 0 aliphatic rings. The van der Waals surface area contributed by atoms with E-state index in [2.05, 4.69) is 13.2 Å². The van der Waals surface area contributed by atoms with Crippen molar-refractivity contribution in [3.8, 4) is 0 Å². The smallest absolute Gasteiger partial charge is 0.748 e. The molecule has 76 valence electrons. The van der Waals surface area contributed by atoms with Crippen molar-refractivity contribution < 1.29 is 42.5 Å². The van der Waals surface area contributed by atoms with Gasteiger partial charge in [0.15, 0.2) is 0 Å². The van der Waals surface area contributed by atoms with Crippen LogP contribution in [0.3, 0.4) is 0 Å². The summed E-state index contributed by atoms with van der Waals surface area (Å²) in [5.41, 5.74) is 0. The molecule has 0 aromatic heterocycles. The fourth-order valence-electron chi connectivity index (χ4n) is 0.863. The van der Waals surface area contributed by atoms with Crippen molar-refractivity contribution in [2.75, 3.05) is 25.4 Å². The Morgan fingerprint density at radius 3 is 1.93 bits per heavy atom. The Labute approximate surface area is 108 Å². The van der Waals surface area contributed by atoms with E-state index in [1.807, 2.05) is 0 Å². The van der Waals surface area contributed by atoms with E-state index in [-0.39, 0.29) is 41.9 Å². The molecule has 0 N–H and O–H groups in total. The molecule has 0 atom stereocenters. The number of hydrogen-bond donors (Lipinski definition) is 0. The molecule has 0 aromatic rings. The van der Waals surface area contributed by atoms with Gasteiger partial charge in [-0.2, -0.15) is 0 Å². The largest absolute Gasteiger partial charge is 1.00 e.